The Balaban J connectivity index is 2.06. The largest absolute Gasteiger partial charge is 0.492 e. The number of nitrogen functional groups attached to an aromatic ring is 1. The van der Waals surface area contributed by atoms with E-state index in [0.717, 1.165) is 0 Å². The average Bonchev–Trinajstić information content (AvgIpc) is 2.39. The number of amides is 1. The van der Waals surface area contributed by atoms with E-state index in [1.165, 1.54) is 0 Å². The number of nitrogens with one attached hydrogen (secondary N) is 1. The van der Waals surface area contributed by atoms with Gasteiger partial charge in [0, 0.05) is 18.2 Å². The standard InChI is InChI=1S/C13H17F3N2O3/c14-13(15,16)9-20-6-4-12(19)18-5-7-21-11-3-1-2-10(17)8-11/h1-3,8H,4-7,9,17H2,(H,18,19). The van der Waals surface area contributed by atoms with Gasteiger partial charge in [0.15, 0.2) is 0 Å². The summed E-state index contributed by atoms with van der Waals surface area (Å²) < 4.78 is 45.0. The molecule has 0 bridgehead atoms. The minimum Gasteiger partial charge on any atom is -0.492 e. The molecule has 0 saturated heterocycles. The Hall–Kier alpha value is -1.96. The first-order valence-electron chi connectivity index (χ1n) is 6.26. The molecule has 0 aliphatic rings. The van der Waals surface area contributed by atoms with Crippen molar-refractivity contribution in [3.05, 3.63) is 24.3 Å². The van der Waals surface area contributed by atoms with Crippen LogP contribution in [-0.2, 0) is 9.53 Å². The molecule has 0 saturated carbocycles. The van der Waals surface area contributed by atoms with Gasteiger partial charge < -0.3 is 20.5 Å². The van der Waals surface area contributed by atoms with Gasteiger partial charge in [0.05, 0.1) is 13.2 Å². The molecule has 1 aromatic carbocycles. The lowest BCUT2D eigenvalue weighted by Gasteiger charge is -2.09. The third-order valence-electron chi connectivity index (χ3n) is 2.29. The molecule has 0 aromatic heterocycles. The van der Waals surface area contributed by atoms with Gasteiger partial charge >= 0.3 is 6.18 Å². The maximum absolute atomic E-state index is 11.8. The van der Waals surface area contributed by atoms with Crippen molar-refractivity contribution >= 4 is 11.6 Å². The summed E-state index contributed by atoms with van der Waals surface area (Å²) in [5, 5.41) is 2.51. The van der Waals surface area contributed by atoms with Gasteiger partial charge in [-0.15, -0.1) is 0 Å². The fourth-order valence-electron chi connectivity index (χ4n) is 1.40. The van der Waals surface area contributed by atoms with E-state index in [9.17, 15) is 18.0 Å². The van der Waals surface area contributed by atoms with Crippen LogP contribution in [0.15, 0.2) is 24.3 Å². The van der Waals surface area contributed by atoms with Crippen LogP contribution < -0.4 is 15.8 Å². The molecule has 1 amide bonds. The molecule has 0 aliphatic heterocycles. The molecule has 5 nitrogen and oxygen atoms in total. The third kappa shape index (κ3) is 8.74. The molecular formula is C13H17F3N2O3. The van der Waals surface area contributed by atoms with Crippen LogP contribution in [0.1, 0.15) is 6.42 Å². The molecular weight excluding hydrogens is 289 g/mol. The second-order valence-corrected chi connectivity index (χ2v) is 4.19. The summed E-state index contributed by atoms with van der Waals surface area (Å²) in [6.07, 6.45) is -4.50. The lowest BCUT2D eigenvalue weighted by molar-refractivity contribution is -0.174. The molecule has 0 unspecified atom stereocenters. The van der Waals surface area contributed by atoms with Crippen molar-refractivity contribution < 1.29 is 27.4 Å². The number of carbonyl (C=O) groups excluding carboxylic acids is 1. The predicted molar refractivity (Wildman–Crippen MR) is 70.9 cm³/mol. The SMILES string of the molecule is Nc1cccc(OCCNC(=O)CCOCC(F)(F)F)c1. The summed E-state index contributed by atoms with van der Waals surface area (Å²) in [4.78, 5) is 11.3. The minimum absolute atomic E-state index is 0.131. The highest BCUT2D eigenvalue weighted by Gasteiger charge is 2.27. The summed E-state index contributed by atoms with van der Waals surface area (Å²) in [5.74, 6) is 0.186. The van der Waals surface area contributed by atoms with Crippen molar-refractivity contribution in [2.24, 2.45) is 0 Å². The number of benzene rings is 1. The summed E-state index contributed by atoms with van der Waals surface area (Å²) in [6, 6.07) is 6.83. The highest BCUT2D eigenvalue weighted by molar-refractivity contribution is 5.75. The molecule has 0 fully saturated rings. The van der Waals surface area contributed by atoms with Gasteiger partial charge in [0.2, 0.25) is 5.91 Å². The number of nitrogens with two attached hydrogens (primary N) is 1. The van der Waals surface area contributed by atoms with Crippen LogP contribution in [0.5, 0.6) is 5.75 Å². The first kappa shape index (κ1) is 17.1. The van der Waals surface area contributed by atoms with Gasteiger partial charge in [-0.1, -0.05) is 6.07 Å². The second-order valence-electron chi connectivity index (χ2n) is 4.19. The monoisotopic (exact) mass is 306 g/mol. The lowest BCUT2D eigenvalue weighted by atomic mass is 10.3. The molecule has 0 radical (unpaired) electrons. The highest BCUT2D eigenvalue weighted by Crippen LogP contribution is 2.14. The fourth-order valence-corrected chi connectivity index (χ4v) is 1.40. The molecule has 0 heterocycles. The Kier molecular flexibility index (Phi) is 6.80. The van der Waals surface area contributed by atoms with Gasteiger partial charge in [0.1, 0.15) is 19.0 Å². The summed E-state index contributed by atoms with van der Waals surface area (Å²) in [5.41, 5.74) is 6.13. The first-order valence-corrected chi connectivity index (χ1v) is 6.26. The predicted octanol–water partition coefficient (Wildman–Crippen LogP) is 1.73. The Morgan fingerprint density at radius 1 is 1.29 bits per heavy atom. The van der Waals surface area contributed by atoms with Gasteiger partial charge in [-0.25, -0.2) is 0 Å². The van der Waals surface area contributed by atoms with E-state index in [1.54, 1.807) is 24.3 Å². The van der Waals surface area contributed by atoms with E-state index < -0.39 is 18.7 Å². The quantitative estimate of drug-likeness (QED) is 0.567. The van der Waals surface area contributed by atoms with E-state index in [0.29, 0.717) is 11.4 Å². The van der Waals surface area contributed by atoms with Crippen molar-refractivity contribution in [3.63, 3.8) is 0 Å². The van der Waals surface area contributed by atoms with Crippen molar-refractivity contribution in [2.45, 2.75) is 12.6 Å². The number of anilines is 1. The molecule has 8 heteroatoms. The Bertz CT molecular complexity index is 453. The number of ether oxygens (including phenoxy) is 2. The third-order valence-corrected chi connectivity index (χ3v) is 2.29. The van der Waals surface area contributed by atoms with E-state index >= 15 is 0 Å². The smallest absolute Gasteiger partial charge is 0.411 e. The molecule has 1 aromatic rings. The first-order chi connectivity index (χ1) is 9.87. The zero-order chi connectivity index (χ0) is 15.7. The molecule has 3 N–H and O–H groups in total. The van der Waals surface area contributed by atoms with E-state index in [2.05, 4.69) is 10.1 Å². The van der Waals surface area contributed by atoms with E-state index in [-0.39, 0.29) is 26.2 Å². The van der Waals surface area contributed by atoms with E-state index in [1.807, 2.05) is 0 Å². The topological polar surface area (TPSA) is 73.6 Å². The number of rotatable bonds is 8. The minimum atomic E-state index is -4.37. The van der Waals surface area contributed by atoms with Crippen LogP contribution in [0, 0.1) is 0 Å². The summed E-state index contributed by atoms with van der Waals surface area (Å²) >= 11 is 0. The summed E-state index contributed by atoms with van der Waals surface area (Å²) in [7, 11) is 0. The van der Waals surface area contributed by atoms with Crippen LogP contribution in [0.2, 0.25) is 0 Å². The maximum Gasteiger partial charge on any atom is 0.411 e. The van der Waals surface area contributed by atoms with Crippen molar-refractivity contribution in [3.8, 4) is 5.75 Å². The number of hydrogen-bond donors (Lipinski definition) is 2. The van der Waals surface area contributed by atoms with Crippen LogP contribution >= 0.6 is 0 Å². The molecule has 0 atom stereocenters. The van der Waals surface area contributed by atoms with Crippen molar-refractivity contribution in [2.75, 3.05) is 32.1 Å². The second kappa shape index (κ2) is 8.35. The Labute approximate surface area is 120 Å². The zero-order valence-electron chi connectivity index (χ0n) is 11.3. The van der Waals surface area contributed by atoms with Crippen LogP contribution in [0.4, 0.5) is 18.9 Å². The zero-order valence-corrected chi connectivity index (χ0v) is 11.3. The number of carbonyl (C=O) groups is 1. The molecule has 118 valence electrons. The molecule has 1 rings (SSSR count). The Morgan fingerprint density at radius 2 is 2.05 bits per heavy atom. The number of hydrogen-bond acceptors (Lipinski definition) is 4. The van der Waals surface area contributed by atoms with Gasteiger partial charge in [-0.05, 0) is 12.1 Å². The van der Waals surface area contributed by atoms with Crippen LogP contribution in [0.25, 0.3) is 0 Å². The van der Waals surface area contributed by atoms with Crippen LogP contribution in [0.3, 0.4) is 0 Å². The van der Waals surface area contributed by atoms with E-state index in [4.69, 9.17) is 10.5 Å². The van der Waals surface area contributed by atoms with Gasteiger partial charge in [-0.3, -0.25) is 4.79 Å². The normalized spacial score (nSPS) is 11.2. The highest BCUT2D eigenvalue weighted by atomic mass is 19.4. The lowest BCUT2D eigenvalue weighted by Crippen LogP contribution is -2.29. The molecule has 21 heavy (non-hydrogen) atoms. The van der Waals surface area contributed by atoms with Crippen molar-refractivity contribution in [1.29, 1.82) is 0 Å². The molecule has 0 aliphatic carbocycles. The maximum atomic E-state index is 11.8. The van der Waals surface area contributed by atoms with Gasteiger partial charge in [-0.2, -0.15) is 13.2 Å². The van der Waals surface area contributed by atoms with Crippen molar-refractivity contribution in [1.82, 2.24) is 5.32 Å². The summed E-state index contributed by atoms with van der Waals surface area (Å²) in [6.45, 7) is -1.15. The Morgan fingerprint density at radius 3 is 2.71 bits per heavy atom. The fraction of sp³-hybridized carbons (Fsp3) is 0.462. The average molecular weight is 306 g/mol. The number of alkyl halides is 3. The number of halogens is 3. The molecule has 0 spiro atoms. The van der Waals surface area contributed by atoms with Crippen LogP contribution in [-0.4, -0.2) is 38.4 Å². The van der Waals surface area contributed by atoms with Gasteiger partial charge in [0.25, 0.3) is 0 Å².